The average molecular weight is 475 g/mol. The van der Waals surface area contributed by atoms with Gasteiger partial charge in [-0.05, 0) is 42.9 Å². The summed E-state index contributed by atoms with van der Waals surface area (Å²) in [5, 5.41) is 3.10. The fourth-order valence-corrected chi connectivity index (χ4v) is 5.02. The second-order valence-electron chi connectivity index (χ2n) is 9.75. The van der Waals surface area contributed by atoms with Crippen molar-refractivity contribution in [2.45, 2.75) is 77.0 Å². The Bertz CT molecular complexity index is 862. The molecule has 1 aromatic carbocycles. The van der Waals surface area contributed by atoms with Crippen LogP contribution in [0.5, 0.6) is 11.5 Å². The highest BCUT2D eigenvalue weighted by Crippen LogP contribution is 2.29. The van der Waals surface area contributed by atoms with E-state index >= 15 is 0 Å². The van der Waals surface area contributed by atoms with Crippen molar-refractivity contribution in [1.29, 1.82) is 0 Å². The van der Waals surface area contributed by atoms with Crippen LogP contribution in [0.4, 0.5) is 4.79 Å². The Morgan fingerprint density at radius 1 is 1.12 bits per heavy atom. The molecule has 4 amide bonds. The number of rotatable bonds is 9. The van der Waals surface area contributed by atoms with E-state index in [1.807, 2.05) is 26.0 Å². The predicted octanol–water partition coefficient (Wildman–Crippen LogP) is 2.66. The molecule has 1 saturated heterocycles. The van der Waals surface area contributed by atoms with Gasteiger partial charge in [0.1, 0.15) is 17.5 Å². The Morgan fingerprint density at radius 3 is 2.26 bits per heavy atom. The molecule has 1 saturated carbocycles. The first kappa shape index (κ1) is 25.6. The smallest absolute Gasteiger partial charge is 0.318 e. The topological polar surface area (TPSA) is 114 Å². The summed E-state index contributed by atoms with van der Waals surface area (Å²) in [5.41, 5.74) is 6.41. The van der Waals surface area contributed by atoms with Crippen LogP contribution in [0.25, 0.3) is 0 Å². The van der Waals surface area contributed by atoms with E-state index in [-0.39, 0.29) is 36.9 Å². The summed E-state index contributed by atoms with van der Waals surface area (Å²) in [7, 11) is 3.15. The molecule has 2 atom stereocenters. The molecule has 1 heterocycles. The summed E-state index contributed by atoms with van der Waals surface area (Å²) in [6.45, 7) is 4.59. The van der Waals surface area contributed by atoms with Crippen LogP contribution in [0, 0.1) is 5.92 Å². The standard InChI is InChI=1S/C25H38N4O5/c1-16(2)9-22-24(31)28(14-17-10-20(33-3)13-21(11-17)34-4)15-19(12-23(26)30)29(22)25(32)27-18-7-5-6-8-18/h10-11,13,16,18-19,22H,5-9,12,14-15H2,1-4H3,(H2,26,30)(H,27,32)/t19-,22-/m1/s1. The van der Waals surface area contributed by atoms with Gasteiger partial charge in [0.05, 0.1) is 20.3 Å². The largest absolute Gasteiger partial charge is 0.497 e. The zero-order valence-electron chi connectivity index (χ0n) is 20.7. The molecule has 2 aliphatic rings. The molecule has 9 nitrogen and oxygen atoms in total. The Hall–Kier alpha value is -2.97. The van der Waals surface area contributed by atoms with Crippen molar-refractivity contribution in [3.63, 3.8) is 0 Å². The minimum Gasteiger partial charge on any atom is -0.497 e. The van der Waals surface area contributed by atoms with Crippen LogP contribution in [-0.2, 0) is 16.1 Å². The molecule has 0 radical (unpaired) electrons. The first-order valence-corrected chi connectivity index (χ1v) is 12.1. The number of nitrogens with two attached hydrogens (primary N) is 1. The molecule has 188 valence electrons. The van der Waals surface area contributed by atoms with E-state index in [9.17, 15) is 14.4 Å². The maximum absolute atomic E-state index is 13.7. The Balaban J connectivity index is 1.89. The van der Waals surface area contributed by atoms with E-state index in [0.29, 0.717) is 24.5 Å². The molecule has 1 aliphatic carbocycles. The van der Waals surface area contributed by atoms with Gasteiger partial charge in [0.2, 0.25) is 11.8 Å². The van der Waals surface area contributed by atoms with Gasteiger partial charge in [0, 0.05) is 31.6 Å². The van der Waals surface area contributed by atoms with Crippen LogP contribution >= 0.6 is 0 Å². The molecule has 0 aromatic heterocycles. The summed E-state index contributed by atoms with van der Waals surface area (Å²) in [4.78, 5) is 42.3. The lowest BCUT2D eigenvalue weighted by Crippen LogP contribution is -2.66. The van der Waals surface area contributed by atoms with Gasteiger partial charge in [-0.15, -0.1) is 0 Å². The van der Waals surface area contributed by atoms with E-state index < -0.39 is 18.0 Å². The highest BCUT2D eigenvalue weighted by Gasteiger charge is 2.44. The second-order valence-corrected chi connectivity index (χ2v) is 9.75. The van der Waals surface area contributed by atoms with Crippen LogP contribution in [0.1, 0.15) is 57.9 Å². The minimum absolute atomic E-state index is 0.00209. The van der Waals surface area contributed by atoms with Gasteiger partial charge in [0.25, 0.3) is 0 Å². The first-order chi connectivity index (χ1) is 16.2. The lowest BCUT2D eigenvalue weighted by atomic mass is 9.94. The highest BCUT2D eigenvalue weighted by atomic mass is 16.5. The number of hydrogen-bond donors (Lipinski definition) is 2. The number of carbonyl (C=O) groups excluding carboxylic acids is 3. The minimum atomic E-state index is -0.660. The predicted molar refractivity (Wildman–Crippen MR) is 128 cm³/mol. The van der Waals surface area contributed by atoms with E-state index in [2.05, 4.69) is 5.32 Å². The van der Waals surface area contributed by atoms with Crippen molar-refractivity contribution in [3.8, 4) is 11.5 Å². The number of primary amides is 1. The maximum Gasteiger partial charge on any atom is 0.318 e. The molecule has 0 spiro atoms. The average Bonchev–Trinajstić information content (AvgIpc) is 3.28. The number of carbonyl (C=O) groups is 3. The molecule has 34 heavy (non-hydrogen) atoms. The SMILES string of the molecule is COc1cc(CN2C[C@@H](CC(N)=O)N(C(=O)NC3CCCC3)[C@H](CC(C)C)C2=O)cc(OC)c1. The molecule has 0 bridgehead atoms. The molecular weight excluding hydrogens is 436 g/mol. The van der Waals surface area contributed by atoms with Crippen LogP contribution in [-0.4, -0.2) is 66.5 Å². The number of benzene rings is 1. The summed E-state index contributed by atoms with van der Waals surface area (Å²) in [5.74, 6) is 0.816. The van der Waals surface area contributed by atoms with Gasteiger partial charge in [-0.1, -0.05) is 26.7 Å². The van der Waals surface area contributed by atoms with Gasteiger partial charge in [-0.25, -0.2) is 4.79 Å². The molecule has 3 N–H and O–H groups in total. The third-order valence-corrected chi connectivity index (χ3v) is 6.59. The quantitative estimate of drug-likeness (QED) is 0.571. The number of nitrogens with zero attached hydrogens (tertiary/aromatic N) is 2. The Labute approximate surface area is 201 Å². The molecule has 1 aromatic rings. The summed E-state index contributed by atoms with van der Waals surface area (Å²) in [6.07, 6.45) is 4.55. The Morgan fingerprint density at radius 2 is 1.74 bits per heavy atom. The molecule has 0 unspecified atom stereocenters. The zero-order chi connectivity index (χ0) is 24.8. The van der Waals surface area contributed by atoms with Gasteiger partial charge < -0.3 is 30.3 Å². The van der Waals surface area contributed by atoms with Crippen LogP contribution < -0.4 is 20.5 Å². The monoisotopic (exact) mass is 474 g/mol. The van der Waals surface area contributed by atoms with E-state index in [1.165, 1.54) is 0 Å². The van der Waals surface area contributed by atoms with Crippen molar-refractivity contribution in [3.05, 3.63) is 23.8 Å². The van der Waals surface area contributed by atoms with Crippen molar-refractivity contribution in [1.82, 2.24) is 15.1 Å². The van der Waals surface area contributed by atoms with Gasteiger partial charge in [-0.2, -0.15) is 0 Å². The molecule has 9 heteroatoms. The second kappa shape index (κ2) is 11.4. The lowest BCUT2D eigenvalue weighted by Gasteiger charge is -2.46. The fourth-order valence-electron chi connectivity index (χ4n) is 5.02. The van der Waals surface area contributed by atoms with Gasteiger partial charge >= 0.3 is 6.03 Å². The third-order valence-electron chi connectivity index (χ3n) is 6.59. The fraction of sp³-hybridized carbons (Fsp3) is 0.640. The maximum atomic E-state index is 13.7. The number of nitrogens with one attached hydrogen (secondary N) is 1. The van der Waals surface area contributed by atoms with Gasteiger partial charge in [-0.3, -0.25) is 9.59 Å². The number of piperazine rings is 1. The van der Waals surface area contributed by atoms with Crippen molar-refractivity contribution in [2.75, 3.05) is 20.8 Å². The zero-order valence-corrected chi connectivity index (χ0v) is 20.7. The van der Waals surface area contributed by atoms with Gasteiger partial charge in [0.15, 0.2) is 0 Å². The number of urea groups is 1. The summed E-state index contributed by atoms with van der Waals surface area (Å²) in [6, 6.07) is 4.16. The van der Waals surface area contributed by atoms with Crippen LogP contribution in [0.2, 0.25) is 0 Å². The van der Waals surface area contributed by atoms with Crippen molar-refractivity contribution >= 4 is 17.8 Å². The highest BCUT2D eigenvalue weighted by molar-refractivity contribution is 5.89. The number of methoxy groups -OCH3 is 2. The number of amides is 4. The third kappa shape index (κ3) is 6.33. The number of ether oxygens (including phenoxy) is 2. The number of hydrogen-bond acceptors (Lipinski definition) is 5. The van der Waals surface area contributed by atoms with Crippen molar-refractivity contribution in [2.24, 2.45) is 11.7 Å². The Kier molecular flexibility index (Phi) is 8.63. The molecule has 2 fully saturated rings. The van der Waals surface area contributed by atoms with Crippen LogP contribution in [0.15, 0.2) is 18.2 Å². The van der Waals surface area contributed by atoms with E-state index in [4.69, 9.17) is 15.2 Å². The van der Waals surface area contributed by atoms with E-state index in [0.717, 1.165) is 31.2 Å². The molecular formula is C25H38N4O5. The van der Waals surface area contributed by atoms with Crippen LogP contribution in [0.3, 0.4) is 0 Å². The normalized spacial score (nSPS) is 21.1. The summed E-state index contributed by atoms with van der Waals surface area (Å²) < 4.78 is 10.7. The molecule has 1 aliphatic heterocycles. The summed E-state index contributed by atoms with van der Waals surface area (Å²) >= 11 is 0. The molecule has 3 rings (SSSR count). The van der Waals surface area contributed by atoms with E-state index in [1.54, 1.807) is 30.1 Å². The first-order valence-electron chi connectivity index (χ1n) is 12.1. The van der Waals surface area contributed by atoms with Crippen molar-refractivity contribution < 1.29 is 23.9 Å². The lowest BCUT2D eigenvalue weighted by molar-refractivity contribution is -0.145.